The monoisotopic (exact) mass is 515 g/mol. The summed E-state index contributed by atoms with van der Waals surface area (Å²) in [7, 11) is 0. The van der Waals surface area contributed by atoms with Gasteiger partial charge in [0.25, 0.3) is 0 Å². The molecule has 5 rings (SSSR count). The number of rotatable bonds is 12. The summed E-state index contributed by atoms with van der Waals surface area (Å²) in [5.41, 5.74) is 6.16. The van der Waals surface area contributed by atoms with Crippen LogP contribution < -0.4 is 10.6 Å². The van der Waals surface area contributed by atoms with Gasteiger partial charge >= 0.3 is 0 Å². The van der Waals surface area contributed by atoms with Crippen LogP contribution in [0.5, 0.6) is 0 Å². The highest BCUT2D eigenvalue weighted by molar-refractivity contribution is 5.91. The predicted octanol–water partition coefficient (Wildman–Crippen LogP) is 4.54. The third-order valence-electron chi connectivity index (χ3n) is 6.62. The van der Waals surface area contributed by atoms with Crippen LogP contribution in [0.4, 0.5) is 11.6 Å². The molecule has 1 aliphatic rings. The molecular weight excluding hydrogens is 478 g/mol. The fraction of sp³-hybridized carbons (Fsp3) is 0.414. The van der Waals surface area contributed by atoms with Gasteiger partial charge in [-0.15, -0.1) is 0 Å². The molecule has 0 spiro atoms. The van der Waals surface area contributed by atoms with Crippen molar-refractivity contribution < 1.29 is 9.47 Å². The Labute approximate surface area is 224 Å². The highest BCUT2D eigenvalue weighted by Crippen LogP contribution is 2.29. The molecule has 9 heteroatoms. The number of aryl methyl sites for hydroxylation is 1. The maximum absolute atomic E-state index is 5.83. The molecule has 2 aromatic heterocycles. The normalized spacial score (nSPS) is 14.2. The second-order valence-corrected chi connectivity index (χ2v) is 9.62. The van der Waals surface area contributed by atoms with Gasteiger partial charge in [0, 0.05) is 56.8 Å². The van der Waals surface area contributed by atoms with Crippen molar-refractivity contribution in [3.63, 3.8) is 0 Å². The van der Waals surface area contributed by atoms with E-state index in [1.165, 1.54) is 11.1 Å². The van der Waals surface area contributed by atoms with Crippen LogP contribution in [0, 0.1) is 6.92 Å². The van der Waals surface area contributed by atoms with Crippen molar-refractivity contribution in [1.29, 1.82) is 0 Å². The van der Waals surface area contributed by atoms with Crippen LogP contribution in [0.1, 0.15) is 24.5 Å². The Morgan fingerprint density at radius 3 is 2.71 bits per heavy atom. The number of morpholine rings is 1. The van der Waals surface area contributed by atoms with Crippen molar-refractivity contribution in [2.24, 2.45) is 0 Å². The van der Waals surface area contributed by atoms with Crippen LogP contribution in [0.25, 0.3) is 22.3 Å². The highest BCUT2D eigenvalue weighted by atomic mass is 16.5. The van der Waals surface area contributed by atoms with Crippen molar-refractivity contribution >= 4 is 22.7 Å². The van der Waals surface area contributed by atoms with Crippen molar-refractivity contribution in [2.45, 2.75) is 33.5 Å². The summed E-state index contributed by atoms with van der Waals surface area (Å²) < 4.78 is 13.1. The summed E-state index contributed by atoms with van der Waals surface area (Å²) in [6, 6.07) is 16.9. The summed E-state index contributed by atoms with van der Waals surface area (Å²) in [4.78, 5) is 11.8. The zero-order valence-electron chi connectivity index (χ0n) is 22.3. The molecule has 3 heterocycles. The first-order valence-electron chi connectivity index (χ1n) is 13.4. The number of nitrogens with zero attached hydrogens (tertiary/aromatic N) is 5. The minimum Gasteiger partial charge on any atom is -0.381 e. The molecule has 0 aliphatic carbocycles. The first-order chi connectivity index (χ1) is 18.7. The SMILES string of the molecule is CCCOCn1nc(-c2cccc(NCc3ccc(C)cc3)c2)c2cnc(NCCN3CCOCC3)nc21. The van der Waals surface area contributed by atoms with E-state index < -0.39 is 0 Å². The minimum absolute atomic E-state index is 0.347. The number of hydrogen-bond acceptors (Lipinski definition) is 8. The van der Waals surface area contributed by atoms with Crippen molar-refractivity contribution in [2.75, 3.05) is 56.6 Å². The summed E-state index contributed by atoms with van der Waals surface area (Å²) in [6.07, 6.45) is 2.81. The maximum Gasteiger partial charge on any atom is 0.224 e. The second kappa shape index (κ2) is 12.8. The topological polar surface area (TPSA) is 89.4 Å². The summed E-state index contributed by atoms with van der Waals surface area (Å²) >= 11 is 0. The standard InChI is InChI=1S/C29H37N7O2/c1-3-15-38-21-36-28-26(20-32-29(33-28)30-11-12-35-13-16-37-17-14-35)27(34-36)24-5-4-6-25(18-24)31-19-23-9-7-22(2)8-10-23/h4-10,18,20,31H,3,11-17,19,21H2,1-2H3,(H,30,32,33). The molecule has 4 aromatic rings. The van der Waals surface area contributed by atoms with Gasteiger partial charge in [0.1, 0.15) is 12.4 Å². The molecule has 1 aliphatic heterocycles. The first-order valence-corrected chi connectivity index (χ1v) is 13.4. The van der Waals surface area contributed by atoms with Gasteiger partial charge in [-0.25, -0.2) is 9.67 Å². The summed E-state index contributed by atoms with van der Waals surface area (Å²) in [5, 5.41) is 12.7. The van der Waals surface area contributed by atoms with E-state index in [0.717, 1.165) is 80.3 Å². The van der Waals surface area contributed by atoms with Gasteiger partial charge in [0.2, 0.25) is 5.95 Å². The molecule has 0 saturated carbocycles. The van der Waals surface area contributed by atoms with E-state index in [0.29, 0.717) is 19.3 Å². The van der Waals surface area contributed by atoms with E-state index in [4.69, 9.17) is 19.6 Å². The van der Waals surface area contributed by atoms with E-state index in [2.05, 4.69) is 76.8 Å². The van der Waals surface area contributed by atoms with E-state index in [1.807, 2.05) is 16.9 Å². The number of nitrogens with one attached hydrogen (secondary N) is 2. The number of hydrogen-bond donors (Lipinski definition) is 2. The fourth-order valence-electron chi connectivity index (χ4n) is 4.48. The van der Waals surface area contributed by atoms with E-state index >= 15 is 0 Å². The van der Waals surface area contributed by atoms with Crippen LogP contribution >= 0.6 is 0 Å². The molecule has 0 unspecified atom stereocenters. The quantitative estimate of drug-likeness (QED) is 0.266. The van der Waals surface area contributed by atoms with Gasteiger partial charge < -0.3 is 20.1 Å². The number of benzene rings is 2. The van der Waals surface area contributed by atoms with Gasteiger partial charge in [-0.05, 0) is 31.0 Å². The van der Waals surface area contributed by atoms with E-state index in [1.54, 1.807) is 0 Å². The largest absolute Gasteiger partial charge is 0.381 e. The average Bonchev–Trinajstić information content (AvgIpc) is 3.31. The number of aromatic nitrogens is 4. The lowest BCUT2D eigenvalue weighted by Crippen LogP contribution is -2.39. The highest BCUT2D eigenvalue weighted by Gasteiger charge is 2.16. The lowest BCUT2D eigenvalue weighted by atomic mass is 10.1. The van der Waals surface area contributed by atoms with Crippen molar-refractivity contribution in [3.8, 4) is 11.3 Å². The molecule has 0 amide bonds. The average molecular weight is 516 g/mol. The second-order valence-electron chi connectivity index (χ2n) is 9.62. The van der Waals surface area contributed by atoms with Gasteiger partial charge in [0.15, 0.2) is 5.65 Å². The molecule has 9 nitrogen and oxygen atoms in total. The third-order valence-corrected chi connectivity index (χ3v) is 6.62. The smallest absolute Gasteiger partial charge is 0.224 e. The van der Waals surface area contributed by atoms with Crippen molar-refractivity contribution in [3.05, 3.63) is 65.9 Å². The van der Waals surface area contributed by atoms with Gasteiger partial charge in [-0.3, -0.25) is 4.90 Å². The summed E-state index contributed by atoms with van der Waals surface area (Å²) in [5.74, 6) is 0.600. The van der Waals surface area contributed by atoms with Crippen LogP contribution in [-0.4, -0.2) is 70.6 Å². The van der Waals surface area contributed by atoms with Crippen LogP contribution in [0.2, 0.25) is 0 Å². The Morgan fingerprint density at radius 1 is 1.05 bits per heavy atom. The lowest BCUT2D eigenvalue weighted by Gasteiger charge is -2.26. The van der Waals surface area contributed by atoms with Crippen LogP contribution in [-0.2, 0) is 22.7 Å². The molecule has 2 aromatic carbocycles. The molecule has 2 N–H and O–H groups in total. The fourth-order valence-corrected chi connectivity index (χ4v) is 4.48. The Kier molecular flexibility index (Phi) is 8.80. The number of anilines is 2. The zero-order valence-corrected chi connectivity index (χ0v) is 22.3. The molecule has 1 saturated heterocycles. The molecule has 0 atom stereocenters. The van der Waals surface area contributed by atoms with Crippen molar-refractivity contribution in [1.82, 2.24) is 24.6 Å². The first kappa shape index (κ1) is 26.1. The van der Waals surface area contributed by atoms with Gasteiger partial charge in [-0.1, -0.05) is 48.9 Å². The van der Waals surface area contributed by atoms with Crippen LogP contribution in [0.3, 0.4) is 0 Å². The molecular formula is C29H37N7O2. The van der Waals surface area contributed by atoms with Gasteiger partial charge in [-0.2, -0.15) is 10.1 Å². The summed E-state index contributed by atoms with van der Waals surface area (Å²) in [6.45, 7) is 11.2. The minimum atomic E-state index is 0.347. The molecule has 0 bridgehead atoms. The Bertz CT molecular complexity index is 1320. The molecule has 38 heavy (non-hydrogen) atoms. The predicted molar refractivity (Wildman–Crippen MR) is 151 cm³/mol. The number of ether oxygens (including phenoxy) is 2. The Morgan fingerprint density at radius 2 is 1.89 bits per heavy atom. The maximum atomic E-state index is 5.83. The Hall–Kier alpha value is -3.53. The van der Waals surface area contributed by atoms with Gasteiger partial charge in [0.05, 0.1) is 18.6 Å². The zero-order chi connectivity index (χ0) is 26.2. The Balaban J connectivity index is 1.34. The number of fused-ring (bicyclic) bond motifs is 1. The van der Waals surface area contributed by atoms with E-state index in [9.17, 15) is 0 Å². The molecule has 0 radical (unpaired) electrons. The molecule has 1 fully saturated rings. The molecule has 200 valence electrons. The van der Waals surface area contributed by atoms with Crippen LogP contribution in [0.15, 0.2) is 54.7 Å². The lowest BCUT2D eigenvalue weighted by molar-refractivity contribution is 0.0398. The third kappa shape index (κ3) is 6.66. The van der Waals surface area contributed by atoms with E-state index in [-0.39, 0.29) is 0 Å².